The quantitative estimate of drug-likeness (QED) is 0.869. The number of aliphatic hydroxyl groups is 1. The zero-order valence-electron chi connectivity index (χ0n) is 9.98. The number of hydrogen-bond donors (Lipinski definition) is 1. The summed E-state index contributed by atoms with van der Waals surface area (Å²) in [5.41, 5.74) is 0.835. The average Bonchev–Trinajstić information content (AvgIpc) is 2.72. The van der Waals surface area contributed by atoms with Crippen molar-refractivity contribution in [2.75, 3.05) is 0 Å². The average molecular weight is 236 g/mol. The fourth-order valence-corrected chi connectivity index (χ4v) is 3.04. The fourth-order valence-electron chi connectivity index (χ4n) is 2.07. The molecule has 1 unspecified atom stereocenters. The van der Waals surface area contributed by atoms with Gasteiger partial charge in [-0.25, -0.2) is 4.98 Å². The normalized spacial score (nSPS) is 15.1. The Morgan fingerprint density at radius 3 is 2.56 bits per heavy atom. The molecule has 2 rings (SSSR count). The molecule has 0 aliphatic carbocycles. The van der Waals surface area contributed by atoms with Crippen LogP contribution in [0, 0.1) is 13.8 Å². The van der Waals surface area contributed by atoms with E-state index in [0.29, 0.717) is 0 Å². The predicted octanol–water partition coefficient (Wildman–Crippen LogP) is 2.35. The molecule has 0 aromatic carbocycles. The van der Waals surface area contributed by atoms with Crippen molar-refractivity contribution in [3.05, 3.63) is 39.6 Å². The molecule has 0 radical (unpaired) electrons. The van der Waals surface area contributed by atoms with E-state index in [1.807, 2.05) is 50.7 Å². The van der Waals surface area contributed by atoms with Gasteiger partial charge in [0, 0.05) is 13.2 Å². The highest BCUT2D eigenvalue weighted by Crippen LogP contribution is 2.35. The third kappa shape index (κ3) is 1.68. The minimum atomic E-state index is -0.964. The lowest BCUT2D eigenvalue weighted by atomic mass is 9.99. The van der Waals surface area contributed by atoms with Crippen LogP contribution in [0.3, 0.4) is 0 Å². The number of nitrogens with zero attached hydrogens (tertiary/aromatic N) is 2. The summed E-state index contributed by atoms with van der Waals surface area (Å²) in [6.07, 6.45) is 1.94. The van der Waals surface area contributed by atoms with Crippen molar-refractivity contribution >= 4 is 11.3 Å². The summed E-state index contributed by atoms with van der Waals surface area (Å²) in [4.78, 5) is 5.29. The standard InChI is InChI=1S/C12H16N2OS/c1-8-11(16-9(2)13-8)12(3,15)10-6-5-7-14(10)4/h5-7,15H,1-4H3. The topological polar surface area (TPSA) is 38.1 Å². The van der Waals surface area contributed by atoms with Gasteiger partial charge in [-0.2, -0.15) is 0 Å². The second kappa shape index (κ2) is 3.71. The highest BCUT2D eigenvalue weighted by molar-refractivity contribution is 7.11. The molecular weight excluding hydrogens is 220 g/mol. The van der Waals surface area contributed by atoms with Crippen LogP contribution in [0.4, 0.5) is 0 Å². The minimum absolute atomic E-state index is 0.888. The summed E-state index contributed by atoms with van der Waals surface area (Å²) in [6, 6.07) is 3.88. The van der Waals surface area contributed by atoms with E-state index >= 15 is 0 Å². The zero-order chi connectivity index (χ0) is 11.9. The summed E-state index contributed by atoms with van der Waals surface area (Å²) in [5.74, 6) is 0. The van der Waals surface area contributed by atoms with Gasteiger partial charge in [-0.1, -0.05) is 0 Å². The number of aryl methyl sites for hydroxylation is 3. The molecule has 1 atom stereocenters. The molecule has 2 heterocycles. The van der Waals surface area contributed by atoms with Gasteiger partial charge in [0.05, 0.1) is 21.3 Å². The molecule has 1 N–H and O–H groups in total. The summed E-state index contributed by atoms with van der Waals surface area (Å²) < 4.78 is 1.94. The minimum Gasteiger partial charge on any atom is -0.378 e. The van der Waals surface area contributed by atoms with Crippen LogP contribution in [0.25, 0.3) is 0 Å². The second-order valence-corrected chi connectivity index (χ2v) is 5.43. The zero-order valence-corrected chi connectivity index (χ0v) is 10.8. The Hall–Kier alpha value is -1.13. The molecule has 0 bridgehead atoms. The van der Waals surface area contributed by atoms with Gasteiger partial charge in [0.15, 0.2) is 0 Å². The molecule has 3 nitrogen and oxygen atoms in total. The molecule has 0 amide bonds. The van der Waals surface area contributed by atoms with Gasteiger partial charge in [0.1, 0.15) is 5.60 Å². The van der Waals surface area contributed by atoms with Gasteiger partial charge < -0.3 is 9.67 Å². The van der Waals surface area contributed by atoms with Gasteiger partial charge >= 0.3 is 0 Å². The SMILES string of the molecule is Cc1nc(C)c(C(C)(O)c2cccn2C)s1. The molecular formula is C12H16N2OS. The lowest BCUT2D eigenvalue weighted by Crippen LogP contribution is -2.25. The van der Waals surface area contributed by atoms with Crippen LogP contribution in [0.5, 0.6) is 0 Å². The van der Waals surface area contributed by atoms with E-state index in [0.717, 1.165) is 21.3 Å². The monoisotopic (exact) mass is 236 g/mol. The molecule has 2 aromatic rings. The smallest absolute Gasteiger partial charge is 0.137 e. The first-order valence-corrected chi connectivity index (χ1v) is 6.03. The fraction of sp³-hybridized carbons (Fsp3) is 0.417. The van der Waals surface area contributed by atoms with E-state index in [1.165, 1.54) is 0 Å². The first kappa shape index (κ1) is 11.4. The molecule has 0 aliphatic rings. The van der Waals surface area contributed by atoms with Crippen LogP contribution in [-0.2, 0) is 12.6 Å². The number of aromatic nitrogens is 2. The van der Waals surface area contributed by atoms with Crippen molar-refractivity contribution in [1.29, 1.82) is 0 Å². The van der Waals surface area contributed by atoms with Crippen molar-refractivity contribution in [3.8, 4) is 0 Å². The van der Waals surface area contributed by atoms with Crippen LogP contribution < -0.4 is 0 Å². The molecule has 16 heavy (non-hydrogen) atoms. The van der Waals surface area contributed by atoms with Crippen molar-refractivity contribution in [2.45, 2.75) is 26.4 Å². The Bertz CT molecular complexity index is 511. The highest BCUT2D eigenvalue weighted by atomic mass is 32.1. The molecule has 0 saturated carbocycles. The Balaban J connectivity index is 2.54. The second-order valence-electron chi connectivity index (χ2n) is 4.22. The molecule has 0 fully saturated rings. The first-order valence-electron chi connectivity index (χ1n) is 5.21. The van der Waals surface area contributed by atoms with Crippen molar-refractivity contribution in [2.24, 2.45) is 7.05 Å². The van der Waals surface area contributed by atoms with Crippen molar-refractivity contribution in [1.82, 2.24) is 9.55 Å². The number of hydrogen-bond acceptors (Lipinski definition) is 3. The Morgan fingerprint density at radius 1 is 1.44 bits per heavy atom. The summed E-state index contributed by atoms with van der Waals surface area (Å²) in [6.45, 7) is 5.72. The summed E-state index contributed by atoms with van der Waals surface area (Å²) >= 11 is 1.55. The Kier molecular flexibility index (Phi) is 2.64. The molecule has 4 heteroatoms. The third-order valence-corrected chi connectivity index (χ3v) is 4.07. The Labute approximate surface area is 99.4 Å². The van der Waals surface area contributed by atoms with Crippen molar-refractivity contribution < 1.29 is 5.11 Å². The maximum atomic E-state index is 10.7. The maximum absolute atomic E-state index is 10.7. The maximum Gasteiger partial charge on any atom is 0.137 e. The number of rotatable bonds is 2. The van der Waals surface area contributed by atoms with E-state index in [1.54, 1.807) is 11.3 Å². The van der Waals surface area contributed by atoms with Gasteiger partial charge in [-0.05, 0) is 32.9 Å². The number of thiazole rings is 1. The first-order chi connectivity index (χ1) is 7.43. The van der Waals surface area contributed by atoms with Crippen molar-refractivity contribution in [3.63, 3.8) is 0 Å². The van der Waals surface area contributed by atoms with Gasteiger partial charge in [-0.15, -0.1) is 11.3 Å². The van der Waals surface area contributed by atoms with Crippen LogP contribution >= 0.6 is 11.3 Å². The van der Waals surface area contributed by atoms with E-state index in [-0.39, 0.29) is 0 Å². The van der Waals surface area contributed by atoms with Crippen LogP contribution in [-0.4, -0.2) is 14.7 Å². The Morgan fingerprint density at radius 2 is 2.12 bits per heavy atom. The molecule has 0 spiro atoms. The largest absolute Gasteiger partial charge is 0.378 e. The van der Waals surface area contributed by atoms with E-state index < -0.39 is 5.60 Å². The van der Waals surface area contributed by atoms with Crippen LogP contribution in [0.2, 0.25) is 0 Å². The molecule has 2 aromatic heterocycles. The van der Waals surface area contributed by atoms with E-state index in [9.17, 15) is 5.11 Å². The molecule has 86 valence electrons. The predicted molar refractivity (Wildman–Crippen MR) is 65.7 cm³/mol. The molecule has 0 aliphatic heterocycles. The van der Waals surface area contributed by atoms with Crippen LogP contribution in [0.15, 0.2) is 18.3 Å². The lowest BCUT2D eigenvalue weighted by Gasteiger charge is -2.23. The van der Waals surface area contributed by atoms with Gasteiger partial charge in [0.2, 0.25) is 0 Å². The lowest BCUT2D eigenvalue weighted by molar-refractivity contribution is 0.0972. The molecule has 0 saturated heterocycles. The van der Waals surface area contributed by atoms with Gasteiger partial charge in [0.25, 0.3) is 0 Å². The van der Waals surface area contributed by atoms with E-state index in [4.69, 9.17) is 0 Å². The summed E-state index contributed by atoms with van der Waals surface area (Å²) in [7, 11) is 1.94. The van der Waals surface area contributed by atoms with Gasteiger partial charge in [-0.3, -0.25) is 0 Å². The summed E-state index contributed by atoms with van der Waals surface area (Å²) in [5, 5.41) is 11.7. The third-order valence-electron chi connectivity index (χ3n) is 2.79. The van der Waals surface area contributed by atoms with Crippen LogP contribution in [0.1, 0.15) is 28.2 Å². The highest BCUT2D eigenvalue weighted by Gasteiger charge is 2.31. The van der Waals surface area contributed by atoms with E-state index in [2.05, 4.69) is 4.98 Å².